The lowest BCUT2D eigenvalue weighted by atomic mass is 9.99. The van der Waals surface area contributed by atoms with Gasteiger partial charge in [-0.2, -0.15) is 0 Å². The second kappa shape index (κ2) is 9.93. The molecule has 2 aliphatic heterocycles. The van der Waals surface area contributed by atoms with E-state index >= 15 is 0 Å². The van der Waals surface area contributed by atoms with Crippen molar-refractivity contribution >= 4 is 5.96 Å². The van der Waals surface area contributed by atoms with Crippen LogP contribution >= 0.6 is 0 Å². The lowest BCUT2D eigenvalue weighted by Gasteiger charge is -2.33. The molecule has 1 aromatic carbocycles. The SMILES string of the molecule is CCNC(=NCc1ccccc1CN1CCOCC1)N1CCC(C)CC1. The van der Waals surface area contributed by atoms with Gasteiger partial charge in [0.15, 0.2) is 5.96 Å². The largest absolute Gasteiger partial charge is 0.379 e. The third kappa shape index (κ3) is 5.45. The van der Waals surface area contributed by atoms with Crippen molar-refractivity contribution in [1.29, 1.82) is 0 Å². The molecule has 5 nitrogen and oxygen atoms in total. The molecule has 0 bridgehead atoms. The maximum absolute atomic E-state index is 5.47. The predicted molar refractivity (Wildman–Crippen MR) is 107 cm³/mol. The number of hydrogen-bond donors (Lipinski definition) is 1. The topological polar surface area (TPSA) is 40.1 Å². The second-order valence-electron chi connectivity index (χ2n) is 7.50. The fraction of sp³-hybridized carbons (Fsp3) is 0.667. The summed E-state index contributed by atoms with van der Waals surface area (Å²) in [5.74, 6) is 1.91. The Morgan fingerprint density at radius 2 is 1.81 bits per heavy atom. The third-order valence-corrected chi connectivity index (χ3v) is 5.43. The van der Waals surface area contributed by atoms with Gasteiger partial charge in [-0.1, -0.05) is 31.2 Å². The third-order valence-electron chi connectivity index (χ3n) is 5.43. The van der Waals surface area contributed by atoms with E-state index in [2.05, 4.69) is 53.2 Å². The Balaban J connectivity index is 1.66. The fourth-order valence-corrected chi connectivity index (χ4v) is 3.67. The van der Waals surface area contributed by atoms with Crippen molar-refractivity contribution in [1.82, 2.24) is 15.1 Å². The van der Waals surface area contributed by atoms with Crippen LogP contribution in [0.15, 0.2) is 29.3 Å². The fourth-order valence-electron chi connectivity index (χ4n) is 3.67. The van der Waals surface area contributed by atoms with Gasteiger partial charge in [-0.15, -0.1) is 0 Å². The van der Waals surface area contributed by atoms with Crippen molar-refractivity contribution in [2.75, 3.05) is 45.9 Å². The Morgan fingerprint density at radius 3 is 2.50 bits per heavy atom. The number of nitrogens with zero attached hydrogens (tertiary/aromatic N) is 3. The molecule has 0 atom stereocenters. The minimum absolute atomic E-state index is 0.745. The van der Waals surface area contributed by atoms with Gasteiger partial charge in [0.1, 0.15) is 0 Å². The Hall–Kier alpha value is -1.59. The first-order valence-electron chi connectivity index (χ1n) is 10.2. The summed E-state index contributed by atoms with van der Waals surface area (Å²) < 4.78 is 5.47. The summed E-state index contributed by atoms with van der Waals surface area (Å²) in [6.45, 7) is 13.1. The first-order chi connectivity index (χ1) is 12.8. The lowest BCUT2D eigenvalue weighted by Crippen LogP contribution is -2.45. The molecule has 3 rings (SSSR count). The van der Waals surface area contributed by atoms with Crippen LogP contribution in [0.5, 0.6) is 0 Å². The molecule has 2 aliphatic rings. The summed E-state index contributed by atoms with van der Waals surface area (Å²) in [6.07, 6.45) is 2.52. The summed E-state index contributed by atoms with van der Waals surface area (Å²) in [5, 5.41) is 3.49. The van der Waals surface area contributed by atoms with Gasteiger partial charge >= 0.3 is 0 Å². The van der Waals surface area contributed by atoms with E-state index in [-0.39, 0.29) is 0 Å². The minimum atomic E-state index is 0.745. The van der Waals surface area contributed by atoms with E-state index in [0.29, 0.717) is 0 Å². The molecule has 0 aliphatic carbocycles. The number of nitrogens with one attached hydrogen (secondary N) is 1. The van der Waals surface area contributed by atoms with E-state index in [1.54, 1.807) is 0 Å². The van der Waals surface area contributed by atoms with Gasteiger partial charge in [-0.05, 0) is 36.8 Å². The molecule has 0 spiro atoms. The average Bonchev–Trinajstić information content (AvgIpc) is 2.68. The number of likely N-dealkylation sites (tertiary alicyclic amines) is 1. The van der Waals surface area contributed by atoms with Gasteiger partial charge < -0.3 is 15.0 Å². The zero-order valence-corrected chi connectivity index (χ0v) is 16.4. The van der Waals surface area contributed by atoms with Crippen LogP contribution in [0.1, 0.15) is 37.8 Å². The van der Waals surface area contributed by atoms with Gasteiger partial charge in [0.2, 0.25) is 0 Å². The summed E-state index contributed by atoms with van der Waals surface area (Å²) in [6, 6.07) is 8.74. The smallest absolute Gasteiger partial charge is 0.194 e. The number of morpholine rings is 1. The zero-order chi connectivity index (χ0) is 18.2. The summed E-state index contributed by atoms with van der Waals surface area (Å²) in [5.41, 5.74) is 2.72. The number of benzene rings is 1. The normalized spacial score (nSPS) is 20.4. The molecule has 2 heterocycles. The van der Waals surface area contributed by atoms with Crippen LogP contribution in [0, 0.1) is 5.92 Å². The standard InChI is InChI=1S/C21H34N4O/c1-3-22-21(25-10-8-18(2)9-11-25)23-16-19-6-4-5-7-20(19)17-24-12-14-26-15-13-24/h4-7,18H,3,8-17H2,1-2H3,(H,22,23). The van der Waals surface area contributed by atoms with Crippen LogP contribution in [-0.2, 0) is 17.8 Å². The summed E-state index contributed by atoms with van der Waals surface area (Å²) in [4.78, 5) is 9.87. The van der Waals surface area contributed by atoms with Crippen molar-refractivity contribution < 1.29 is 4.74 Å². The molecular formula is C21H34N4O. The van der Waals surface area contributed by atoms with Gasteiger partial charge in [-0.3, -0.25) is 4.90 Å². The van der Waals surface area contributed by atoms with E-state index in [1.165, 1.54) is 24.0 Å². The lowest BCUT2D eigenvalue weighted by molar-refractivity contribution is 0.0341. The quantitative estimate of drug-likeness (QED) is 0.649. The van der Waals surface area contributed by atoms with Crippen molar-refractivity contribution in [3.63, 3.8) is 0 Å². The number of hydrogen-bond acceptors (Lipinski definition) is 3. The molecule has 144 valence electrons. The average molecular weight is 359 g/mol. The first kappa shape index (κ1) is 19.2. The molecule has 2 saturated heterocycles. The van der Waals surface area contributed by atoms with Crippen LogP contribution in [0.3, 0.4) is 0 Å². The van der Waals surface area contributed by atoms with Crippen molar-refractivity contribution in [3.05, 3.63) is 35.4 Å². The Bertz CT molecular complexity index is 575. The number of rotatable bonds is 5. The summed E-state index contributed by atoms with van der Waals surface area (Å²) >= 11 is 0. The van der Waals surface area contributed by atoms with Crippen LogP contribution in [0.25, 0.3) is 0 Å². The van der Waals surface area contributed by atoms with E-state index in [0.717, 1.165) is 70.9 Å². The molecule has 1 N–H and O–H groups in total. The first-order valence-corrected chi connectivity index (χ1v) is 10.2. The van der Waals surface area contributed by atoms with E-state index in [9.17, 15) is 0 Å². The molecular weight excluding hydrogens is 324 g/mol. The van der Waals surface area contributed by atoms with Gasteiger partial charge in [0.25, 0.3) is 0 Å². The van der Waals surface area contributed by atoms with E-state index in [1.807, 2.05) is 0 Å². The zero-order valence-electron chi connectivity index (χ0n) is 16.4. The van der Waals surface area contributed by atoms with Gasteiger partial charge in [-0.25, -0.2) is 4.99 Å². The highest BCUT2D eigenvalue weighted by atomic mass is 16.5. The summed E-state index contributed by atoms with van der Waals surface area (Å²) in [7, 11) is 0. The van der Waals surface area contributed by atoms with Crippen LogP contribution in [0.2, 0.25) is 0 Å². The molecule has 0 aromatic heterocycles. The Morgan fingerprint density at radius 1 is 1.12 bits per heavy atom. The molecule has 1 aromatic rings. The molecule has 0 saturated carbocycles. The van der Waals surface area contributed by atoms with Crippen molar-refractivity contribution in [2.45, 2.75) is 39.8 Å². The molecule has 2 fully saturated rings. The van der Waals surface area contributed by atoms with Gasteiger partial charge in [0, 0.05) is 39.3 Å². The highest BCUT2D eigenvalue weighted by Crippen LogP contribution is 2.17. The van der Waals surface area contributed by atoms with E-state index in [4.69, 9.17) is 9.73 Å². The van der Waals surface area contributed by atoms with Crippen molar-refractivity contribution in [2.24, 2.45) is 10.9 Å². The number of aliphatic imine (C=N–C) groups is 1. The molecule has 0 amide bonds. The highest BCUT2D eigenvalue weighted by molar-refractivity contribution is 5.80. The van der Waals surface area contributed by atoms with E-state index < -0.39 is 0 Å². The molecule has 5 heteroatoms. The second-order valence-corrected chi connectivity index (χ2v) is 7.50. The number of piperidine rings is 1. The molecule has 26 heavy (non-hydrogen) atoms. The maximum atomic E-state index is 5.47. The number of ether oxygens (including phenoxy) is 1. The Kier molecular flexibility index (Phi) is 7.32. The highest BCUT2D eigenvalue weighted by Gasteiger charge is 2.18. The Labute approximate surface area is 158 Å². The van der Waals surface area contributed by atoms with Crippen LogP contribution in [0.4, 0.5) is 0 Å². The minimum Gasteiger partial charge on any atom is -0.379 e. The molecule has 0 unspecified atom stereocenters. The maximum Gasteiger partial charge on any atom is 0.194 e. The van der Waals surface area contributed by atoms with Crippen LogP contribution in [-0.4, -0.2) is 61.7 Å². The van der Waals surface area contributed by atoms with Crippen molar-refractivity contribution in [3.8, 4) is 0 Å². The monoisotopic (exact) mass is 358 g/mol. The van der Waals surface area contributed by atoms with Gasteiger partial charge in [0.05, 0.1) is 19.8 Å². The molecule has 0 radical (unpaired) electrons. The predicted octanol–water partition coefficient (Wildman–Crippen LogP) is 2.72. The van der Waals surface area contributed by atoms with Crippen LogP contribution < -0.4 is 5.32 Å². The number of guanidine groups is 1.